The topological polar surface area (TPSA) is 46.6 Å². The maximum atomic E-state index is 12.7. The molecule has 1 atom stereocenters. The number of likely N-dealkylation sites (N-methyl/N-ethyl adjacent to an activating group) is 1. The first-order valence-electron chi connectivity index (χ1n) is 8.92. The normalized spacial score (nSPS) is 11.7. The summed E-state index contributed by atoms with van der Waals surface area (Å²) >= 11 is 0. The predicted octanol–water partition coefficient (Wildman–Crippen LogP) is 3.97. The van der Waals surface area contributed by atoms with E-state index in [0.717, 1.165) is 23.1 Å². The molecule has 4 nitrogen and oxygen atoms in total. The minimum Gasteiger partial charge on any atom is -0.484 e. The fourth-order valence-electron chi connectivity index (χ4n) is 2.63. The molecule has 0 N–H and O–H groups in total. The van der Waals surface area contributed by atoms with Crippen LogP contribution in [0, 0.1) is 13.8 Å². The average Bonchev–Trinajstić information content (AvgIpc) is 2.66. The van der Waals surface area contributed by atoms with Crippen LogP contribution in [0.25, 0.3) is 0 Å². The van der Waals surface area contributed by atoms with Crippen LogP contribution in [0.4, 0.5) is 0 Å². The van der Waals surface area contributed by atoms with Crippen molar-refractivity contribution in [3.8, 4) is 5.75 Å². The lowest BCUT2D eigenvalue weighted by Gasteiger charge is -2.24. The summed E-state index contributed by atoms with van der Waals surface area (Å²) in [4.78, 5) is 26.5. The highest BCUT2D eigenvalue weighted by Crippen LogP contribution is 2.15. The molecule has 2 aromatic rings. The van der Waals surface area contributed by atoms with Gasteiger partial charge in [0.1, 0.15) is 5.75 Å². The number of benzene rings is 2. The van der Waals surface area contributed by atoms with E-state index in [0.29, 0.717) is 11.3 Å². The molecule has 0 aliphatic carbocycles. The van der Waals surface area contributed by atoms with Gasteiger partial charge in [-0.05, 0) is 62.1 Å². The maximum Gasteiger partial charge on any atom is 0.260 e. The molecule has 26 heavy (non-hydrogen) atoms. The minimum absolute atomic E-state index is 0.0723. The van der Waals surface area contributed by atoms with E-state index < -0.39 is 6.04 Å². The van der Waals surface area contributed by atoms with E-state index in [-0.39, 0.29) is 18.3 Å². The summed E-state index contributed by atoms with van der Waals surface area (Å²) < 4.78 is 5.60. The van der Waals surface area contributed by atoms with Crippen LogP contribution in [-0.2, 0) is 11.2 Å². The third-order valence-electron chi connectivity index (χ3n) is 4.81. The molecule has 0 bridgehead atoms. The number of ether oxygens (including phenoxy) is 1. The van der Waals surface area contributed by atoms with Gasteiger partial charge in [0.15, 0.2) is 12.4 Å². The first-order chi connectivity index (χ1) is 12.3. The van der Waals surface area contributed by atoms with Gasteiger partial charge in [0.25, 0.3) is 5.91 Å². The summed E-state index contributed by atoms with van der Waals surface area (Å²) in [5.74, 6) is 0.368. The third kappa shape index (κ3) is 4.72. The summed E-state index contributed by atoms with van der Waals surface area (Å²) in [6.45, 7) is 7.71. The van der Waals surface area contributed by atoms with E-state index in [2.05, 4.69) is 6.92 Å². The number of ketones is 1. The van der Waals surface area contributed by atoms with Gasteiger partial charge in [-0.25, -0.2) is 0 Å². The number of hydrogen-bond donors (Lipinski definition) is 0. The van der Waals surface area contributed by atoms with Crippen LogP contribution in [0.3, 0.4) is 0 Å². The second kappa shape index (κ2) is 8.65. The highest BCUT2D eigenvalue weighted by molar-refractivity contribution is 6.01. The van der Waals surface area contributed by atoms with Gasteiger partial charge in [-0.1, -0.05) is 31.2 Å². The second-order valence-corrected chi connectivity index (χ2v) is 6.63. The lowest BCUT2D eigenvalue weighted by molar-refractivity contribution is -0.133. The predicted molar refractivity (Wildman–Crippen MR) is 104 cm³/mol. The van der Waals surface area contributed by atoms with Gasteiger partial charge in [-0.15, -0.1) is 0 Å². The summed E-state index contributed by atoms with van der Waals surface area (Å²) in [5, 5.41) is 0. The Bertz CT molecular complexity index is 798. The van der Waals surface area contributed by atoms with Gasteiger partial charge in [0.2, 0.25) is 0 Å². The number of carbonyl (C=O) groups is 2. The SMILES string of the molecule is CCc1cccc(OCC(=O)N(C)C(C)C(=O)c2ccc(C)c(C)c2)c1. The van der Waals surface area contributed by atoms with E-state index in [9.17, 15) is 9.59 Å². The molecule has 0 aromatic heterocycles. The molecule has 0 aliphatic heterocycles. The first kappa shape index (κ1) is 19.7. The second-order valence-electron chi connectivity index (χ2n) is 6.63. The number of Topliss-reactive ketones (excluding diaryl/α,β-unsaturated/α-hetero) is 1. The fraction of sp³-hybridized carbons (Fsp3) is 0.364. The van der Waals surface area contributed by atoms with Crippen molar-refractivity contribution in [2.24, 2.45) is 0 Å². The Morgan fingerprint density at radius 2 is 1.81 bits per heavy atom. The average molecular weight is 353 g/mol. The van der Waals surface area contributed by atoms with Gasteiger partial charge in [-0.2, -0.15) is 0 Å². The molecule has 1 amide bonds. The lowest BCUT2D eigenvalue weighted by atomic mass is 10.00. The summed E-state index contributed by atoms with van der Waals surface area (Å²) in [7, 11) is 1.64. The van der Waals surface area contributed by atoms with Crippen molar-refractivity contribution in [3.63, 3.8) is 0 Å². The molecule has 4 heteroatoms. The van der Waals surface area contributed by atoms with Crippen LogP contribution < -0.4 is 4.74 Å². The van der Waals surface area contributed by atoms with E-state index >= 15 is 0 Å². The molecule has 2 aromatic carbocycles. The standard InChI is InChI=1S/C22H27NO3/c1-6-18-8-7-9-20(13-18)26-14-21(24)23(5)17(4)22(25)19-11-10-15(2)16(3)12-19/h7-13,17H,6,14H2,1-5H3. The lowest BCUT2D eigenvalue weighted by Crippen LogP contribution is -2.42. The Morgan fingerprint density at radius 3 is 2.46 bits per heavy atom. The Hall–Kier alpha value is -2.62. The number of aryl methyl sites for hydroxylation is 3. The van der Waals surface area contributed by atoms with Crippen molar-refractivity contribution in [1.82, 2.24) is 4.90 Å². The fourth-order valence-corrected chi connectivity index (χ4v) is 2.63. The zero-order valence-corrected chi connectivity index (χ0v) is 16.2. The minimum atomic E-state index is -0.546. The number of rotatable bonds is 7. The van der Waals surface area contributed by atoms with E-state index in [1.54, 1.807) is 14.0 Å². The molecule has 138 valence electrons. The van der Waals surface area contributed by atoms with Crippen LogP contribution in [-0.4, -0.2) is 36.3 Å². The van der Waals surface area contributed by atoms with Gasteiger partial charge in [-0.3, -0.25) is 9.59 Å². The van der Waals surface area contributed by atoms with Gasteiger partial charge >= 0.3 is 0 Å². The van der Waals surface area contributed by atoms with Crippen molar-refractivity contribution in [3.05, 3.63) is 64.7 Å². The molecule has 0 saturated carbocycles. The maximum absolute atomic E-state index is 12.7. The summed E-state index contributed by atoms with van der Waals surface area (Å²) in [5.41, 5.74) is 3.98. The molecule has 0 spiro atoms. The first-order valence-corrected chi connectivity index (χ1v) is 8.92. The number of amides is 1. The molecule has 2 rings (SSSR count). The van der Waals surface area contributed by atoms with Gasteiger partial charge in [0, 0.05) is 12.6 Å². The molecule has 0 heterocycles. The molecular weight excluding hydrogens is 326 g/mol. The summed E-state index contributed by atoms with van der Waals surface area (Å²) in [6.07, 6.45) is 0.909. The van der Waals surface area contributed by atoms with Crippen molar-refractivity contribution >= 4 is 11.7 Å². The van der Waals surface area contributed by atoms with Gasteiger partial charge in [0.05, 0.1) is 6.04 Å². The van der Waals surface area contributed by atoms with Crippen LogP contribution in [0.2, 0.25) is 0 Å². The number of hydrogen-bond acceptors (Lipinski definition) is 3. The Labute approximate surface area is 155 Å². The molecule has 0 fully saturated rings. The highest BCUT2D eigenvalue weighted by atomic mass is 16.5. The zero-order valence-electron chi connectivity index (χ0n) is 16.2. The van der Waals surface area contributed by atoms with Crippen LogP contribution in [0.15, 0.2) is 42.5 Å². The van der Waals surface area contributed by atoms with Crippen molar-refractivity contribution < 1.29 is 14.3 Å². The largest absolute Gasteiger partial charge is 0.484 e. The van der Waals surface area contributed by atoms with Crippen molar-refractivity contribution in [2.45, 2.75) is 40.2 Å². The number of nitrogens with zero attached hydrogens (tertiary/aromatic N) is 1. The zero-order chi connectivity index (χ0) is 19.3. The number of carbonyl (C=O) groups excluding carboxylic acids is 2. The molecule has 0 aliphatic rings. The Kier molecular flexibility index (Phi) is 6.56. The molecule has 0 saturated heterocycles. The van der Waals surface area contributed by atoms with E-state index in [1.807, 2.05) is 56.3 Å². The van der Waals surface area contributed by atoms with Crippen molar-refractivity contribution in [2.75, 3.05) is 13.7 Å². The van der Waals surface area contributed by atoms with E-state index in [4.69, 9.17) is 4.74 Å². The molecular formula is C22H27NO3. The van der Waals surface area contributed by atoms with Gasteiger partial charge < -0.3 is 9.64 Å². The van der Waals surface area contributed by atoms with Crippen LogP contribution >= 0.6 is 0 Å². The Morgan fingerprint density at radius 1 is 1.08 bits per heavy atom. The smallest absolute Gasteiger partial charge is 0.260 e. The summed E-state index contributed by atoms with van der Waals surface area (Å²) in [6, 6.07) is 12.8. The highest BCUT2D eigenvalue weighted by Gasteiger charge is 2.24. The van der Waals surface area contributed by atoms with Crippen molar-refractivity contribution in [1.29, 1.82) is 0 Å². The monoisotopic (exact) mass is 353 g/mol. The quantitative estimate of drug-likeness (QED) is 0.708. The van der Waals surface area contributed by atoms with E-state index in [1.165, 1.54) is 4.90 Å². The molecule has 0 radical (unpaired) electrons. The third-order valence-corrected chi connectivity index (χ3v) is 4.81. The molecule has 1 unspecified atom stereocenters. The Balaban J connectivity index is 1.99. The van der Waals surface area contributed by atoms with Crippen LogP contribution in [0.1, 0.15) is 40.9 Å². The van der Waals surface area contributed by atoms with Crippen LogP contribution in [0.5, 0.6) is 5.75 Å².